The monoisotopic (exact) mass is 454 g/mol. The zero-order valence-corrected chi connectivity index (χ0v) is 18.0. The molecule has 178 valence electrons. The second-order valence-electron chi connectivity index (χ2n) is 7.69. The molecule has 32 heavy (non-hydrogen) atoms. The van der Waals surface area contributed by atoms with Crippen LogP contribution < -0.4 is 21.7 Å². The van der Waals surface area contributed by atoms with Crippen LogP contribution in [0.1, 0.15) is 38.8 Å². The largest absolute Gasteiger partial charge is 0.481 e. The molecular weight excluding hydrogens is 424 g/mol. The number of aliphatic carboxylic acids is 2. The number of imidazole rings is 1. The second-order valence-corrected chi connectivity index (χ2v) is 7.69. The molecule has 0 bridgehead atoms. The van der Waals surface area contributed by atoms with Gasteiger partial charge in [0.1, 0.15) is 12.1 Å². The Morgan fingerprint density at radius 3 is 2.31 bits per heavy atom. The number of amides is 3. The van der Waals surface area contributed by atoms with E-state index in [-0.39, 0.29) is 25.2 Å². The maximum Gasteiger partial charge on any atom is 0.326 e. The molecule has 13 heteroatoms. The number of rotatable bonds is 14. The predicted molar refractivity (Wildman–Crippen MR) is 111 cm³/mol. The predicted octanol–water partition coefficient (Wildman–Crippen LogP) is -1.64. The Kier molecular flexibility index (Phi) is 10.8. The van der Waals surface area contributed by atoms with Gasteiger partial charge in [-0.15, -0.1) is 0 Å². The fourth-order valence-corrected chi connectivity index (χ4v) is 2.77. The van der Waals surface area contributed by atoms with Crippen LogP contribution in [-0.2, 0) is 30.4 Å². The Bertz CT molecular complexity index is 796. The lowest BCUT2D eigenvalue weighted by atomic mass is 10.0. The highest BCUT2D eigenvalue weighted by molar-refractivity contribution is 5.92. The summed E-state index contributed by atoms with van der Waals surface area (Å²) in [7, 11) is 0. The zero-order chi connectivity index (χ0) is 24.3. The lowest BCUT2D eigenvalue weighted by Crippen LogP contribution is -2.54. The molecule has 0 saturated carbocycles. The van der Waals surface area contributed by atoms with Crippen LogP contribution in [0.25, 0.3) is 0 Å². The Morgan fingerprint density at radius 1 is 1.09 bits per heavy atom. The molecule has 0 aliphatic rings. The minimum Gasteiger partial charge on any atom is -0.481 e. The first-order valence-electron chi connectivity index (χ1n) is 10.0. The van der Waals surface area contributed by atoms with Gasteiger partial charge >= 0.3 is 11.9 Å². The average Bonchev–Trinajstić information content (AvgIpc) is 3.20. The van der Waals surface area contributed by atoms with Gasteiger partial charge in [-0.3, -0.25) is 19.2 Å². The molecule has 0 saturated heterocycles. The van der Waals surface area contributed by atoms with Gasteiger partial charge in [0.2, 0.25) is 17.7 Å². The van der Waals surface area contributed by atoms with E-state index in [1.165, 1.54) is 12.5 Å². The van der Waals surface area contributed by atoms with Crippen molar-refractivity contribution in [3.05, 3.63) is 18.2 Å². The van der Waals surface area contributed by atoms with Crippen molar-refractivity contribution in [3.63, 3.8) is 0 Å². The number of nitrogens with two attached hydrogens (primary N) is 1. The van der Waals surface area contributed by atoms with Gasteiger partial charge in [-0.05, 0) is 18.8 Å². The number of aromatic amines is 1. The summed E-state index contributed by atoms with van der Waals surface area (Å²) in [4.78, 5) is 65.7. The first kappa shape index (κ1) is 26.6. The normalized spacial score (nSPS) is 13.6. The van der Waals surface area contributed by atoms with Gasteiger partial charge in [-0.25, -0.2) is 9.78 Å². The fourth-order valence-electron chi connectivity index (χ4n) is 2.77. The SMILES string of the molecule is CC(C)CC(NC(=O)C(CCC(=O)O)NC(=O)CNC(=O)C(N)Cc1cnc[nH]1)C(=O)O. The molecular formula is C19H30N6O7. The molecule has 0 aliphatic carbocycles. The third-order valence-corrected chi connectivity index (χ3v) is 4.37. The van der Waals surface area contributed by atoms with Crippen LogP contribution in [0, 0.1) is 5.92 Å². The summed E-state index contributed by atoms with van der Waals surface area (Å²) in [6.07, 6.45) is 2.59. The van der Waals surface area contributed by atoms with E-state index in [0.717, 1.165) is 0 Å². The van der Waals surface area contributed by atoms with Gasteiger partial charge in [0.15, 0.2) is 0 Å². The van der Waals surface area contributed by atoms with Crippen LogP contribution in [0.5, 0.6) is 0 Å². The lowest BCUT2D eigenvalue weighted by molar-refractivity contribution is -0.143. The zero-order valence-electron chi connectivity index (χ0n) is 18.0. The van der Waals surface area contributed by atoms with Gasteiger partial charge in [0.05, 0.1) is 18.9 Å². The molecule has 3 atom stereocenters. The van der Waals surface area contributed by atoms with E-state index < -0.39 is 60.8 Å². The molecule has 3 unspecified atom stereocenters. The topological polar surface area (TPSA) is 217 Å². The summed E-state index contributed by atoms with van der Waals surface area (Å²) >= 11 is 0. The van der Waals surface area contributed by atoms with Gasteiger partial charge in [0.25, 0.3) is 0 Å². The second kappa shape index (κ2) is 13.0. The van der Waals surface area contributed by atoms with E-state index in [4.69, 9.17) is 10.8 Å². The number of nitrogens with one attached hydrogen (secondary N) is 4. The maximum atomic E-state index is 12.5. The van der Waals surface area contributed by atoms with Crippen LogP contribution in [0.15, 0.2) is 12.5 Å². The van der Waals surface area contributed by atoms with Crippen molar-refractivity contribution in [1.29, 1.82) is 0 Å². The first-order chi connectivity index (χ1) is 15.0. The minimum absolute atomic E-state index is 0.0235. The summed E-state index contributed by atoms with van der Waals surface area (Å²) in [5, 5.41) is 25.2. The van der Waals surface area contributed by atoms with E-state index in [0.29, 0.717) is 5.69 Å². The molecule has 1 aromatic rings. The van der Waals surface area contributed by atoms with Gasteiger partial charge in [-0.1, -0.05) is 13.8 Å². The Balaban J connectivity index is 2.66. The molecule has 1 heterocycles. The van der Waals surface area contributed by atoms with Crippen molar-refractivity contribution in [2.24, 2.45) is 11.7 Å². The standard InChI is InChI=1S/C19H30N6O7/c1-10(2)5-14(19(31)32)25-18(30)13(3-4-16(27)28)24-15(26)8-22-17(29)12(20)6-11-7-21-9-23-11/h7,9-10,12-14H,3-6,8,20H2,1-2H3,(H,21,23)(H,22,29)(H,24,26)(H,25,30)(H,27,28)(H,31,32). The summed E-state index contributed by atoms with van der Waals surface area (Å²) in [5.41, 5.74) is 6.41. The Hall–Kier alpha value is -3.48. The lowest BCUT2D eigenvalue weighted by Gasteiger charge is -2.22. The maximum absolute atomic E-state index is 12.5. The smallest absolute Gasteiger partial charge is 0.326 e. The highest BCUT2D eigenvalue weighted by Gasteiger charge is 2.27. The minimum atomic E-state index is -1.29. The van der Waals surface area contributed by atoms with Crippen LogP contribution in [0.3, 0.4) is 0 Å². The number of nitrogens with zero attached hydrogens (tertiary/aromatic N) is 1. The van der Waals surface area contributed by atoms with Crippen LogP contribution in [-0.4, -0.2) is 74.5 Å². The van der Waals surface area contributed by atoms with Gasteiger partial charge in [-0.2, -0.15) is 0 Å². The molecule has 0 aromatic carbocycles. The van der Waals surface area contributed by atoms with Crippen LogP contribution >= 0.6 is 0 Å². The van der Waals surface area contributed by atoms with Crippen LogP contribution in [0.2, 0.25) is 0 Å². The number of H-pyrrole nitrogens is 1. The van der Waals surface area contributed by atoms with Gasteiger partial charge in [0, 0.05) is 24.7 Å². The number of hydrogen-bond donors (Lipinski definition) is 7. The van der Waals surface area contributed by atoms with Crippen molar-refractivity contribution in [1.82, 2.24) is 25.9 Å². The van der Waals surface area contributed by atoms with E-state index >= 15 is 0 Å². The van der Waals surface area contributed by atoms with Crippen molar-refractivity contribution < 1.29 is 34.2 Å². The fraction of sp³-hybridized carbons (Fsp3) is 0.579. The summed E-state index contributed by atoms with van der Waals surface area (Å²) in [6, 6.07) is -3.42. The molecule has 0 spiro atoms. The van der Waals surface area contributed by atoms with Crippen LogP contribution in [0.4, 0.5) is 0 Å². The highest BCUT2D eigenvalue weighted by atomic mass is 16.4. The van der Waals surface area contributed by atoms with Crippen molar-refractivity contribution in [2.75, 3.05) is 6.54 Å². The van der Waals surface area contributed by atoms with E-state index in [9.17, 15) is 29.1 Å². The number of aromatic nitrogens is 2. The summed E-state index contributed by atoms with van der Waals surface area (Å²) in [5.74, 6) is -4.64. The van der Waals surface area contributed by atoms with E-state index in [1.54, 1.807) is 13.8 Å². The third-order valence-electron chi connectivity index (χ3n) is 4.37. The number of carboxylic acids is 2. The van der Waals surface area contributed by atoms with Crippen molar-refractivity contribution in [3.8, 4) is 0 Å². The number of carbonyl (C=O) groups is 5. The Morgan fingerprint density at radius 2 is 1.78 bits per heavy atom. The molecule has 1 rings (SSSR count). The van der Waals surface area contributed by atoms with Gasteiger partial charge < -0.3 is 36.9 Å². The number of hydrogen-bond acceptors (Lipinski definition) is 7. The first-order valence-corrected chi connectivity index (χ1v) is 10.0. The molecule has 1 aromatic heterocycles. The van der Waals surface area contributed by atoms with E-state index in [2.05, 4.69) is 25.9 Å². The molecule has 3 amide bonds. The van der Waals surface area contributed by atoms with E-state index in [1.807, 2.05) is 0 Å². The third kappa shape index (κ3) is 10.0. The quantitative estimate of drug-likeness (QED) is 0.171. The molecule has 0 aliphatic heterocycles. The molecule has 0 fully saturated rings. The average molecular weight is 454 g/mol. The summed E-state index contributed by atoms with van der Waals surface area (Å²) in [6.45, 7) is 3.07. The molecule has 8 N–H and O–H groups in total. The highest BCUT2D eigenvalue weighted by Crippen LogP contribution is 2.07. The number of carbonyl (C=O) groups excluding carboxylic acids is 3. The molecule has 0 radical (unpaired) electrons. The Labute approximate surface area is 184 Å². The van der Waals surface area contributed by atoms with Crippen molar-refractivity contribution >= 4 is 29.7 Å². The van der Waals surface area contributed by atoms with Crippen molar-refractivity contribution in [2.45, 2.75) is 57.7 Å². The number of carboxylic acid groups (broad SMARTS) is 2. The molecule has 13 nitrogen and oxygen atoms in total. The summed E-state index contributed by atoms with van der Waals surface area (Å²) < 4.78 is 0.